The molecule has 0 aliphatic rings. The van der Waals surface area contributed by atoms with Crippen LogP contribution in [0.15, 0.2) is 18.2 Å². The predicted octanol–water partition coefficient (Wildman–Crippen LogP) is 1.91. The highest BCUT2D eigenvalue weighted by molar-refractivity contribution is 5.84. The van der Waals surface area contributed by atoms with Crippen LogP contribution in [0.1, 0.15) is 31.4 Å². The fraction of sp³-hybridized carbons (Fsp3) is 0.467. The lowest BCUT2D eigenvalue weighted by molar-refractivity contribution is -0.128. The summed E-state index contributed by atoms with van der Waals surface area (Å²) < 4.78 is 0. The van der Waals surface area contributed by atoms with Crippen molar-refractivity contribution >= 4 is 17.5 Å². The summed E-state index contributed by atoms with van der Waals surface area (Å²) in [6, 6.07) is 5.97. The summed E-state index contributed by atoms with van der Waals surface area (Å²) in [5.41, 5.74) is 7.96. The molecule has 1 aromatic carbocycles. The molecule has 3 N–H and O–H groups in total. The van der Waals surface area contributed by atoms with Crippen LogP contribution in [0.25, 0.3) is 0 Å². The van der Waals surface area contributed by atoms with Crippen LogP contribution in [0.2, 0.25) is 0 Å². The number of rotatable bonds is 5. The van der Waals surface area contributed by atoms with Crippen molar-refractivity contribution in [1.82, 2.24) is 10.9 Å². The number of carbonyl (C=O) groups excluding carboxylic acids is 2. The Kier molecular flexibility index (Phi) is 6.03. The highest BCUT2D eigenvalue weighted by Crippen LogP contribution is 2.15. The molecule has 110 valence electrons. The third-order valence-electron chi connectivity index (χ3n) is 2.76. The van der Waals surface area contributed by atoms with Gasteiger partial charge in [-0.25, -0.2) is 0 Å². The molecule has 0 aliphatic carbocycles. The van der Waals surface area contributed by atoms with Crippen molar-refractivity contribution in [3.63, 3.8) is 0 Å². The number of hydrazine groups is 1. The average molecular weight is 277 g/mol. The lowest BCUT2D eigenvalue weighted by Gasteiger charge is -2.11. The van der Waals surface area contributed by atoms with E-state index in [9.17, 15) is 9.59 Å². The Hall–Kier alpha value is -2.04. The van der Waals surface area contributed by atoms with E-state index < -0.39 is 0 Å². The Bertz CT molecular complexity index is 484. The molecule has 0 aliphatic heterocycles. The molecule has 1 rings (SSSR count). The topological polar surface area (TPSA) is 70.2 Å². The van der Waals surface area contributed by atoms with Crippen LogP contribution >= 0.6 is 0 Å². The molecule has 1 aromatic rings. The van der Waals surface area contributed by atoms with E-state index in [0.29, 0.717) is 6.42 Å². The van der Waals surface area contributed by atoms with Crippen molar-refractivity contribution in [3.05, 3.63) is 29.3 Å². The van der Waals surface area contributed by atoms with Gasteiger partial charge in [-0.2, -0.15) is 0 Å². The van der Waals surface area contributed by atoms with Crippen LogP contribution < -0.4 is 16.2 Å². The summed E-state index contributed by atoms with van der Waals surface area (Å²) in [5, 5.41) is 3.04. The summed E-state index contributed by atoms with van der Waals surface area (Å²) in [6.07, 6.45) is 0.394. The number of benzene rings is 1. The van der Waals surface area contributed by atoms with Crippen LogP contribution in [0, 0.1) is 19.8 Å². The number of nitrogens with one attached hydrogen (secondary N) is 3. The molecule has 0 radical (unpaired) electrons. The number of hydrogen-bond acceptors (Lipinski definition) is 3. The van der Waals surface area contributed by atoms with Gasteiger partial charge in [0.05, 0.1) is 6.54 Å². The first-order valence-electron chi connectivity index (χ1n) is 6.77. The number of aryl methyl sites for hydroxylation is 2. The summed E-state index contributed by atoms with van der Waals surface area (Å²) in [7, 11) is 0. The van der Waals surface area contributed by atoms with Crippen molar-refractivity contribution in [2.75, 3.05) is 11.9 Å². The second-order valence-corrected chi connectivity index (χ2v) is 5.37. The maximum Gasteiger partial charge on any atom is 0.257 e. The van der Waals surface area contributed by atoms with Gasteiger partial charge in [0, 0.05) is 12.1 Å². The largest absolute Gasteiger partial charge is 0.376 e. The Labute approximate surface area is 120 Å². The summed E-state index contributed by atoms with van der Waals surface area (Å²) in [4.78, 5) is 23.0. The highest BCUT2D eigenvalue weighted by atomic mass is 16.2. The maximum atomic E-state index is 11.6. The van der Waals surface area contributed by atoms with Crippen LogP contribution in [0.5, 0.6) is 0 Å². The molecule has 0 bridgehead atoms. The minimum absolute atomic E-state index is 0.117. The lowest BCUT2D eigenvalue weighted by atomic mass is 10.1. The fourth-order valence-corrected chi connectivity index (χ4v) is 1.79. The van der Waals surface area contributed by atoms with Gasteiger partial charge in [0.25, 0.3) is 5.91 Å². The van der Waals surface area contributed by atoms with Gasteiger partial charge in [-0.05, 0) is 31.4 Å². The van der Waals surface area contributed by atoms with E-state index in [4.69, 9.17) is 0 Å². The lowest BCUT2D eigenvalue weighted by Crippen LogP contribution is -2.44. The smallest absolute Gasteiger partial charge is 0.257 e. The Morgan fingerprint density at radius 3 is 2.35 bits per heavy atom. The first kappa shape index (κ1) is 16.0. The first-order chi connectivity index (χ1) is 9.38. The van der Waals surface area contributed by atoms with Gasteiger partial charge in [-0.3, -0.25) is 20.4 Å². The van der Waals surface area contributed by atoms with Gasteiger partial charge in [0.15, 0.2) is 0 Å². The monoisotopic (exact) mass is 277 g/mol. The summed E-state index contributed by atoms with van der Waals surface area (Å²) in [6.45, 7) is 8.02. The maximum absolute atomic E-state index is 11.6. The van der Waals surface area contributed by atoms with Gasteiger partial charge < -0.3 is 5.32 Å². The number of amides is 2. The van der Waals surface area contributed by atoms with Crippen LogP contribution in [0.4, 0.5) is 5.69 Å². The van der Waals surface area contributed by atoms with E-state index in [-0.39, 0.29) is 24.3 Å². The average Bonchev–Trinajstić information content (AvgIpc) is 2.34. The normalized spacial score (nSPS) is 10.2. The molecule has 5 nitrogen and oxygen atoms in total. The number of hydrogen-bond donors (Lipinski definition) is 3. The van der Waals surface area contributed by atoms with Crippen molar-refractivity contribution in [3.8, 4) is 0 Å². The molecule has 5 heteroatoms. The number of carbonyl (C=O) groups is 2. The molecule has 0 fully saturated rings. The molecule has 0 saturated carbocycles. The second-order valence-electron chi connectivity index (χ2n) is 5.37. The van der Waals surface area contributed by atoms with Crippen molar-refractivity contribution in [2.24, 2.45) is 5.92 Å². The molecule has 0 saturated heterocycles. The molecule has 0 atom stereocenters. The third-order valence-corrected chi connectivity index (χ3v) is 2.76. The molecular formula is C15H23N3O2. The van der Waals surface area contributed by atoms with Gasteiger partial charge in [0.1, 0.15) is 0 Å². The zero-order chi connectivity index (χ0) is 15.1. The van der Waals surface area contributed by atoms with E-state index in [1.165, 1.54) is 5.56 Å². The molecule has 0 unspecified atom stereocenters. The molecule has 0 heterocycles. The summed E-state index contributed by atoms with van der Waals surface area (Å²) >= 11 is 0. The molecule has 0 spiro atoms. The van der Waals surface area contributed by atoms with Crippen molar-refractivity contribution < 1.29 is 9.59 Å². The van der Waals surface area contributed by atoms with Crippen LogP contribution in [-0.2, 0) is 9.59 Å². The zero-order valence-electron chi connectivity index (χ0n) is 12.5. The van der Waals surface area contributed by atoms with E-state index in [1.54, 1.807) is 0 Å². The Morgan fingerprint density at radius 1 is 1.10 bits per heavy atom. The minimum Gasteiger partial charge on any atom is -0.376 e. The van der Waals surface area contributed by atoms with E-state index in [0.717, 1.165) is 11.3 Å². The molecule has 0 aromatic heterocycles. The third kappa shape index (κ3) is 5.73. The standard InChI is InChI=1S/C15H23N3O2/c1-10(2)7-14(19)17-18-15(20)9-16-13-6-5-11(3)8-12(13)4/h5-6,8,10,16H,7,9H2,1-4H3,(H,17,19)(H,18,20). The van der Waals surface area contributed by atoms with E-state index >= 15 is 0 Å². The summed E-state index contributed by atoms with van der Waals surface area (Å²) in [5.74, 6) is -0.192. The SMILES string of the molecule is Cc1ccc(NCC(=O)NNC(=O)CC(C)C)c(C)c1. The van der Waals surface area contributed by atoms with Crippen LogP contribution in [0.3, 0.4) is 0 Å². The van der Waals surface area contributed by atoms with Gasteiger partial charge in [-0.1, -0.05) is 31.5 Å². The highest BCUT2D eigenvalue weighted by Gasteiger charge is 2.07. The van der Waals surface area contributed by atoms with Gasteiger partial charge >= 0.3 is 0 Å². The molecule has 2 amide bonds. The fourth-order valence-electron chi connectivity index (χ4n) is 1.79. The zero-order valence-corrected chi connectivity index (χ0v) is 12.5. The van der Waals surface area contributed by atoms with Crippen molar-refractivity contribution in [1.29, 1.82) is 0 Å². The first-order valence-corrected chi connectivity index (χ1v) is 6.77. The number of anilines is 1. The predicted molar refractivity (Wildman–Crippen MR) is 80.1 cm³/mol. The minimum atomic E-state index is -0.276. The second kappa shape index (κ2) is 7.53. The van der Waals surface area contributed by atoms with Gasteiger partial charge in [0.2, 0.25) is 5.91 Å². The molecule has 20 heavy (non-hydrogen) atoms. The molecular weight excluding hydrogens is 254 g/mol. The van der Waals surface area contributed by atoms with Gasteiger partial charge in [-0.15, -0.1) is 0 Å². The van der Waals surface area contributed by atoms with Crippen molar-refractivity contribution in [2.45, 2.75) is 34.1 Å². The van der Waals surface area contributed by atoms with E-state index in [1.807, 2.05) is 45.9 Å². The quantitative estimate of drug-likeness (QED) is 0.720. The van der Waals surface area contributed by atoms with E-state index in [2.05, 4.69) is 16.2 Å². The van der Waals surface area contributed by atoms with Crippen LogP contribution in [-0.4, -0.2) is 18.4 Å². The Balaban J connectivity index is 2.34. The Morgan fingerprint density at radius 2 is 1.75 bits per heavy atom.